The Morgan fingerprint density at radius 1 is 1.19 bits per heavy atom. The number of alkyl halides is 2. The van der Waals surface area contributed by atoms with E-state index in [1.54, 1.807) is 6.07 Å². The van der Waals surface area contributed by atoms with Gasteiger partial charge in [-0.05, 0) is 54.3 Å². The van der Waals surface area contributed by atoms with E-state index in [0.29, 0.717) is 11.5 Å². The van der Waals surface area contributed by atoms with Crippen molar-refractivity contribution in [1.82, 2.24) is 5.32 Å². The summed E-state index contributed by atoms with van der Waals surface area (Å²) in [4.78, 5) is 23.4. The first kappa shape index (κ1) is 18.3. The zero-order chi connectivity index (χ0) is 19.1. The third-order valence-electron chi connectivity index (χ3n) is 4.76. The van der Waals surface area contributed by atoms with Crippen LogP contribution in [-0.2, 0) is 11.2 Å². The van der Waals surface area contributed by atoms with Crippen LogP contribution in [-0.4, -0.2) is 16.4 Å². The number of carbonyl (C=O) groups is 2. The van der Waals surface area contributed by atoms with E-state index in [-0.39, 0.29) is 27.7 Å². The van der Waals surface area contributed by atoms with Crippen LogP contribution < -0.4 is 10.1 Å². The summed E-state index contributed by atoms with van der Waals surface area (Å²) in [5.41, 5.74) is 1.92. The van der Waals surface area contributed by atoms with Crippen LogP contribution in [0.25, 0.3) is 0 Å². The van der Waals surface area contributed by atoms with Gasteiger partial charge in [0.25, 0.3) is 11.7 Å². The van der Waals surface area contributed by atoms with Gasteiger partial charge in [0.15, 0.2) is 0 Å². The van der Waals surface area contributed by atoms with Crippen LogP contribution >= 0.6 is 23.4 Å². The van der Waals surface area contributed by atoms with Gasteiger partial charge >= 0.3 is 0 Å². The van der Waals surface area contributed by atoms with Crippen molar-refractivity contribution in [2.45, 2.75) is 30.4 Å². The minimum Gasteiger partial charge on any atom is -0.456 e. The van der Waals surface area contributed by atoms with Gasteiger partial charge in [-0.1, -0.05) is 29.4 Å². The largest absolute Gasteiger partial charge is 0.456 e. The van der Waals surface area contributed by atoms with Gasteiger partial charge in [0.05, 0.1) is 5.02 Å². The minimum atomic E-state index is -2.59. The topological polar surface area (TPSA) is 55.4 Å². The molecule has 2 aromatic rings. The molecule has 4 nitrogen and oxygen atoms in total. The maximum absolute atomic E-state index is 12.7. The van der Waals surface area contributed by atoms with Gasteiger partial charge in [0.2, 0.25) is 5.91 Å². The maximum Gasteiger partial charge on any atom is 0.286 e. The van der Waals surface area contributed by atoms with E-state index < -0.39 is 11.7 Å². The number of thioether (sulfide) groups is 1. The number of hydrogen-bond donors (Lipinski definition) is 1. The molecule has 2 atom stereocenters. The molecule has 4 rings (SSSR count). The van der Waals surface area contributed by atoms with Crippen LogP contribution in [0.15, 0.2) is 36.4 Å². The maximum atomic E-state index is 12.7. The molecule has 0 radical (unpaired) electrons. The molecule has 1 unspecified atom stereocenters. The van der Waals surface area contributed by atoms with E-state index in [1.807, 2.05) is 12.1 Å². The lowest BCUT2D eigenvalue weighted by molar-refractivity contribution is -0.119. The van der Waals surface area contributed by atoms with Crippen LogP contribution in [0.5, 0.6) is 11.5 Å². The Hall–Kier alpha value is -2.12. The van der Waals surface area contributed by atoms with Crippen molar-refractivity contribution in [2.75, 3.05) is 0 Å². The summed E-state index contributed by atoms with van der Waals surface area (Å²) in [5, 5.41) is 1.74. The molecule has 0 aromatic heterocycles. The number of hydrogen-bond acceptors (Lipinski definition) is 4. The van der Waals surface area contributed by atoms with Crippen LogP contribution in [0.2, 0.25) is 5.02 Å². The van der Waals surface area contributed by atoms with Crippen molar-refractivity contribution in [3.05, 3.63) is 58.1 Å². The fraction of sp³-hybridized carbons (Fsp3) is 0.263. The normalized spacial score (nSPS) is 21.5. The standard InChI is InChI=1S/C19H14ClF2NO3S/c20-14-8-10(17(21)22)2-6-15(14)26-11-3-5-12-9(7-11)1-4-13(12)16-18(24)23-19(25)27-16/h2-3,5-8,13,16-17H,1,4H2,(H,23,24,25)/t13-,16?/m1/s1. The average molecular weight is 410 g/mol. The molecule has 1 N–H and O–H groups in total. The fourth-order valence-electron chi connectivity index (χ4n) is 3.50. The predicted octanol–water partition coefficient (Wildman–Crippen LogP) is 5.45. The second-order valence-electron chi connectivity index (χ2n) is 6.41. The van der Waals surface area contributed by atoms with Crippen molar-refractivity contribution in [3.63, 3.8) is 0 Å². The van der Waals surface area contributed by atoms with Crippen molar-refractivity contribution in [1.29, 1.82) is 0 Å². The summed E-state index contributed by atoms with van der Waals surface area (Å²) in [5.74, 6) is 0.584. The summed E-state index contributed by atoms with van der Waals surface area (Å²) < 4.78 is 31.2. The molecule has 2 aromatic carbocycles. The lowest BCUT2D eigenvalue weighted by Gasteiger charge is -2.16. The minimum absolute atomic E-state index is 0.0144. The molecule has 27 heavy (non-hydrogen) atoms. The number of imide groups is 1. The van der Waals surface area contributed by atoms with Crippen LogP contribution in [0, 0.1) is 0 Å². The summed E-state index contributed by atoms with van der Waals surface area (Å²) in [6, 6.07) is 9.41. The third-order valence-corrected chi connectivity index (χ3v) is 6.17. The molecule has 1 aliphatic carbocycles. The number of fused-ring (bicyclic) bond motifs is 1. The van der Waals surface area contributed by atoms with Crippen molar-refractivity contribution >= 4 is 34.5 Å². The zero-order valence-corrected chi connectivity index (χ0v) is 15.4. The number of benzene rings is 2. The Bertz CT molecular complexity index is 937. The van der Waals surface area contributed by atoms with Gasteiger partial charge < -0.3 is 4.74 Å². The monoisotopic (exact) mass is 409 g/mol. The van der Waals surface area contributed by atoms with Crippen LogP contribution in [0.4, 0.5) is 13.6 Å². The number of carbonyl (C=O) groups excluding carboxylic acids is 2. The summed E-state index contributed by atoms with van der Waals surface area (Å²) in [6.07, 6.45) is -1.04. The van der Waals surface area contributed by atoms with E-state index >= 15 is 0 Å². The van der Waals surface area contributed by atoms with Gasteiger partial charge in [0, 0.05) is 11.5 Å². The fourth-order valence-corrected chi connectivity index (χ4v) is 4.73. The second kappa shape index (κ2) is 7.13. The van der Waals surface area contributed by atoms with Crippen molar-refractivity contribution < 1.29 is 23.1 Å². The highest BCUT2D eigenvalue weighted by atomic mass is 35.5. The van der Waals surface area contributed by atoms with E-state index in [2.05, 4.69) is 5.32 Å². The first-order chi connectivity index (χ1) is 12.9. The van der Waals surface area contributed by atoms with E-state index in [4.69, 9.17) is 16.3 Å². The molecule has 1 aliphatic heterocycles. The van der Waals surface area contributed by atoms with Crippen LogP contribution in [0.3, 0.4) is 0 Å². The number of amides is 2. The SMILES string of the molecule is O=C1NC(=O)C([C@@H]2CCc3cc(Oc4ccc(C(F)F)cc4Cl)ccc32)S1. The van der Waals surface area contributed by atoms with Gasteiger partial charge in [-0.25, -0.2) is 8.78 Å². The smallest absolute Gasteiger partial charge is 0.286 e. The summed E-state index contributed by atoms with van der Waals surface area (Å²) in [6.45, 7) is 0. The molecular weight excluding hydrogens is 396 g/mol. The number of aryl methyl sites for hydroxylation is 1. The van der Waals surface area contributed by atoms with E-state index in [9.17, 15) is 18.4 Å². The predicted molar refractivity (Wildman–Crippen MR) is 98.9 cm³/mol. The molecule has 0 spiro atoms. The van der Waals surface area contributed by atoms with E-state index in [0.717, 1.165) is 35.7 Å². The van der Waals surface area contributed by atoms with Crippen molar-refractivity contribution in [3.8, 4) is 11.5 Å². The van der Waals surface area contributed by atoms with E-state index in [1.165, 1.54) is 18.2 Å². The first-order valence-electron chi connectivity index (χ1n) is 8.32. The molecule has 0 bridgehead atoms. The Morgan fingerprint density at radius 2 is 2.00 bits per heavy atom. The molecule has 8 heteroatoms. The lowest BCUT2D eigenvalue weighted by Crippen LogP contribution is -2.27. The molecule has 0 saturated carbocycles. The Morgan fingerprint density at radius 3 is 2.67 bits per heavy atom. The van der Waals surface area contributed by atoms with Gasteiger partial charge in [-0.3, -0.25) is 14.9 Å². The Kier molecular flexibility index (Phi) is 4.82. The number of halogens is 3. The highest BCUT2D eigenvalue weighted by Crippen LogP contribution is 2.43. The average Bonchev–Trinajstić information content (AvgIpc) is 3.18. The van der Waals surface area contributed by atoms with Crippen LogP contribution in [0.1, 0.15) is 35.5 Å². The lowest BCUT2D eigenvalue weighted by atomic mass is 9.97. The molecule has 1 saturated heterocycles. The molecule has 2 aliphatic rings. The summed E-state index contributed by atoms with van der Waals surface area (Å²) >= 11 is 7.08. The van der Waals surface area contributed by atoms with Gasteiger partial charge in [-0.2, -0.15) is 0 Å². The Labute approximate surface area is 163 Å². The zero-order valence-electron chi connectivity index (χ0n) is 13.9. The number of nitrogens with one attached hydrogen (secondary N) is 1. The molecule has 1 heterocycles. The van der Waals surface area contributed by atoms with Crippen molar-refractivity contribution in [2.24, 2.45) is 0 Å². The van der Waals surface area contributed by atoms with Gasteiger partial charge in [-0.15, -0.1) is 0 Å². The summed E-state index contributed by atoms with van der Waals surface area (Å²) in [7, 11) is 0. The quantitative estimate of drug-likeness (QED) is 0.729. The second-order valence-corrected chi connectivity index (χ2v) is 7.94. The highest BCUT2D eigenvalue weighted by molar-refractivity contribution is 8.15. The molecular formula is C19H14ClF2NO3S. The number of rotatable bonds is 4. The third kappa shape index (κ3) is 3.53. The first-order valence-corrected chi connectivity index (χ1v) is 9.58. The highest BCUT2D eigenvalue weighted by Gasteiger charge is 2.41. The Balaban J connectivity index is 1.54. The molecule has 1 fully saturated rings. The number of ether oxygens (including phenoxy) is 1. The molecule has 140 valence electrons. The van der Waals surface area contributed by atoms with Gasteiger partial charge in [0.1, 0.15) is 16.7 Å². The molecule has 2 amide bonds.